The Bertz CT molecular complexity index is 694. The first kappa shape index (κ1) is 21.2. The number of hydrogen-bond acceptors (Lipinski definition) is 5. The van der Waals surface area contributed by atoms with Gasteiger partial charge in [-0.05, 0) is 61.7 Å². The molecule has 2 rings (SSSR count). The Labute approximate surface area is 166 Å². The molecule has 2 aromatic rings. The second-order valence-electron chi connectivity index (χ2n) is 6.53. The lowest BCUT2D eigenvalue weighted by atomic mass is 9.99. The van der Waals surface area contributed by atoms with Crippen molar-refractivity contribution in [2.45, 2.75) is 39.8 Å². The highest BCUT2D eigenvalue weighted by Crippen LogP contribution is 2.22. The Morgan fingerprint density at radius 3 is 2.56 bits per heavy atom. The largest absolute Gasteiger partial charge is 0.384 e. The van der Waals surface area contributed by atoms with Gasteiger partial charge in [-0.15, -0.1) is 0 Å². The zero-order valence-corrected chi connectivity index (χ0v) is 17.5. The van der Waals surface area contributed by atoms with E-state index in [1.165, 1.54) is 0 Å². The molecule has 148 valence electrons. The van der Waals surface area contributed by atoms with E-state index in [1.807, 2.05) is 42.9 Å². The van der Waals surface area contributed by atoms with Gasteiger partial charge in [-0.3, -0.25) is 0 Å². The van der Waals surface area contributed by atoms with Gasteiger partial charge in [-0.1, -0.05) is 6.07 Å². The number of nitrogens with zero attached hydrogens (tertiary/aromatic N) is 3. The number of rotatable bonds is 9. The Hall–Kier alpha value is -2.12. The summed E-state index contributed by atoms with van der Waals surface area (Å²) in [5.74, 6) is 1.67. The van der Waals surface area contributed by atoms with Crippen LogP contribution in [0, 0.1) is 0 Å². The molecule has 0 amide bonds. The maximum Gasteiger partial charge on any atom is 0.191 e. The number of aliphatic hydroxyl groups is 1. The molecule has 3 N–H and O–H groups in total. The minimum atomic E-state index is -0.941. The van der Waals surface area contributed by atoms with E-state index in [0.29, 0.717) is 19.0 Å². The molecule has 0 saturated carbocycles. The molecule has 2 aromatic heterocycles. The minimum absolute atomic E-state index is 0.384. The average Bonchev–Trinajstić information content (AvgIpc) is 3.22. The van der Waals surface area contributed by atoms with Crippen LogP contribution in [0.15, 0.2) is 40.1 Å². The van der Waals surface area contributed by atoms with E-state index in [-0.39, 0.29) is 0 Å². The van der Waals surface area contributed by atoms with E-state index >= 15 is 0 Å². The summed E-state index contributed by atoms with van der Waals surface area (Å²) in [5, 5.41) is 21.0. The molecule has 1 unspecified atom stereocenters. The van der Waals surface area contributed by atoms with E-state index in [9.17, 15) is 5.11 Å². The molecular weight excluding hydrogens is 358 g/mol. The van der Waals surface area contributed by atoms with Gasteiger partial charge < -0.3 is 20.6 Å². The fourth-order valence-corrected chi connectivity index (χ4v) is 3.47. The van der Waals surface area contributed by atoms with Crippen LogP contribution in [0.2, 0.25) is 0 Å². The quantitative estimate of drug-likeness (QED) is 0.454. The smallest absolute Gasteiger partial charge is 0.191 e. The van der Waals surface area contributed by atoms with Crippen LogP contribution < -0.4 is 15.5 Å². The van der Waals surface area contributed by atoms with Crippen molar-refractivity contribution in [1.29, 1.82) is 0 Å². The molecule has 27 heavy (non-hydrogen) atoms. The number of guanidine groups is 1. The van der Waals surface area contributed by atoms with Gasteiger partial charge in [-0.25, -0.2) is 9.98 Å². The molecule has 6 nitrogen and oxygen atoms in total. The first-order valence-corrected chi connectivity index (χ1v) is 10.4. The minimum Gasteiger partial charge on any atom is -0.384 e. The van der Waals surface area contributed by atoms with Gasteiger partial charge in [-0.2, -0.15) is 11.3 Å². The standard InChI is InChI=1S/C20H31N5OS/c1-5-21-19(24-15-20(4,26)17-10-11-27-14-17)23-13-16-8-9-18(22-12-16)25(6-2)7-3/h8-12,14,26H,5-7,13,15H2,1-4H3,(H2,21,23,24). The van der Waals surface area contributed by atoms with Crippen molar-refractivity contribution in [1.82, 2.24) is 15.6 Å². The first-order chi connectivity index (χ1) is 13.0. The fourth-order valence-electron chi connectivity index (χ4n) is 2.69. The van der Waals surface area contributed by atoms with Gasteiger partial charge in [0.1, 0.15) is 11.4 Å². The number of hydrogen-bond donors (Lipinski definition) is 3. The number of aliphatic imine (C=N–C) groups is 1. The lowest BCUT2D eigenvalue weighted by molar-refractivity contribution is 0.0621. The molecular formula is C20H31N5OS. The van der Waals surface area contributed by atoms with E-state index in [4.69, 9.17) is 0 Å². The van der Waals surface area contributed by atoms with Crippen molar-refractivity contribution in [2.75, 3.05) is 31.1 Å². The number of aromatic nitrogens is 1. The van der Waals surface area contributed by atoms with Crippen molar-refractivity contribution in [3.63, 3.8) is 0 Å². The number of nitrogens with one attached hydrogen (secondary N) is 2. The molecule has 7 heteroatoms. The van der Waals surface area contributed by atoms with Crippen molar-refractivity contribution in [2.24, 2.45) is 4.99 Å². The Morgan fingerprint density at radius 2 is 2.00 bits per heavy atom. The van der Waals surface area contributed by atoms with Gasteiger partial charge >= 0.3 is 0 Å². The number of thiophene rings is 1. The predicted molar refractivity (Wildman–Crippen MR) is 115 cm³/mol. The van der Waals surface area contributed by atoms with Crippen LogP contribution in [-0.2, 0) is 12.1 Å². The maximum absolute atomic E-state index is 10.7. The number of pyridine rings is 1. The second-order valence-corrected chi connectivity index (χ2v) is 7.31. The van der Waals surface area contributed by atoms with Crippen molar-refractivity contribution >= 4 is 23.1 Å². The van der Waals surface area contributed by atoms with Gasteiger partial charge in [0.25, 0.3) is 0 Å². The topological polar surface area (TPSA) is 72.8 Å². The highest BCUT2D eigenvalue weighted by Gasteiger charge is 2.23. The zero-order chi connectivity index (χ0) is 19.7. The summed E-state index contributed by atoms with van der Waals surface area (Å²) in [6.07, 6.45) is 1.88. The van der Waals surface area contributed by atoms with Gasteiger partial charge in [0.05, 0.1) is 13.1 Å². The third-order valence-electron chi connectivity index (χ3n) is 4.40. The summed E-state index contributed by atoms with van der Waals surface area (Å²) in [6, 6.07) is 6.05. The Kier molecular flexibility index (Phi) is 8.06. The van der Waals surface area contributed by atoms with E-state index in [1.54, 1.807) is 11.3 Å². The van der Waals surface area contributed by atoms with E-state index in [2.05, 4.69) is 45.4 Å². The van der Waals surface area contributed by atoms with Gasteiger partial charge in [0.2, 0.25) is 0 Å². The van der Waals surface area contributed by atoms with Crippen molar-refractivity contribution in [3.05, 3.63) is 46.3 Å². The summed E-state index contributed by atoms with van der Waals surface area (Å²) in [7, 11) is 0. The van der Waals surface area contributed by atoms with Crippen LogP contribution in [-0.4, -0.2) is 42.2 Å². The van der Waals surface area contributed by atoms with Crippen LogP contribution in [0.4, 0.5) is 5.82 Å². The molecule has 0 radical (unpaired) electrons. The highest BCUT2D eigenvalue weighted by atomic mass is 32.1. The van der Waals surface area contributed by atoms with E-state index in [0.717, 1.165) is 36.6 Å². The monoisotopic (exact) mass is 389 g/mol. The Morgan fingerprint density at radius 1 is 1.22 bits per heavy atom. The second kappa shape index (κ2) is 10.3. The van der Waals surface area contributed by atoms with E-state index < -0.39 is 5.60 Å². The van der Waals surface area contributed by atoms with Gasteiger partial charge in [0, 0.05) is 25.8 Å². The molecule has 0 aliphatic rings. The zero-order valence-electron chi connectivity index (χ0n) is 16.7. The predicted octanol–water partition coefficient (Wildman–Crippen LogP) is 2.95. The summed E-state index contributed by atoms with van der Waals surface area (Å²) in [5.41, 5.74) is 1.02. The fraction of sp³-hybridized carbons (Fsp3) is 0.500. The lowest BCUT2D eigenvalue weighted by Gasteiger charge is -2.24. The third-order valence-corrected chi connectivity index (χ3v) is 5.09. The summed E-state index contributed by atoms with van der Waals surface area (Å²) < 4.78 is 0. The highest BCUT2D eigenvalue weighted by molar-refractivity contribution is 7.08. The maximum atomic E-state index is 10.7. The molecule has 2 heterocycles. The number of anilines is 1. The third kappa shape index (κ3) is 6.22. The molecule has 0 spiro atoms. The summed E-state index contributed by atoms with van der Waals surface area (Å²) in [4.78, 5) is 11.4. The SMILES string of the molecule is CCNC(=NCc1ccc(N(CC)CC)nc1)NCC(C)(O)c1ccsc1. The average molecular weight is 390 g/mol. The molecule has 0 aliphatic heterocycles. The lowest BCUT2D eigenvalue weighted by Crippen LogP contribution is -2.44. The molecule has 0 aliphatic carbocycles. The Balaban J connectivity index is 1.98. The van der Waals surface area contributed by atoms with Crippen molar-refractivity contribution in [3.8, 4) is 0 Å². The first-order valence-electron chi connectivity index (χ1n) is 9.47. The molecule has 1 atom stereocenters. The normalized spacial score (nSPS) is 13.9. The van der Waals surface area contributed by atoms with Crippen molar-refractivity contribution < 1.29 is 5.11 Å². The molecule has 0 aromatic carbocycles. The van der Waals surface area contributed by atoms with Gasteiger partial charge in [0.15, 0.2) is 5.96 Å². The van der Waals surface area contributed by atoms with Crippen LogP contribution in [0.1, 0.15) is 38.8 Å². The van der Waals surface area contributed by atoms with Crippen LogP contribution in [0.3, 0.4) is 0 Å². The van der Waals surface area contributed by atoms with Crippen LogP contribution in [0.25, 0.3) is 0 Å². The molecule has 0 fully saturated rings. The summed E-state index contributed by atoms with van der Waals surface area (Å²) >= 11 is 1.58. The van der Waals surface area contributed by atoms with Crippen LogP contribution >= 0.6 is 11.3 Å². The van der Waals surface area contributed by atoms with Crippen LogP contribution in [0.5, 0.6) is 0 Å². The molecule has 0 saturated heterocycles. The molecule has 0 bridgehead atoms. The summed E-state index contributed by atoms with van der Waals surface area (Å²) in [6.45, 7) is 11.6.